The van der Waals surface area contributed by atoms with E-state index in [0.717, 1.165) is 10.0 Å². The molecule has 14 heavy (non-hydrogen) atoms. The minimum Gasteiger partial charge on any atom is -0.441 e. The molecule has 1 heterocycles. The Morgan fingerprint density at radius 2 is 2.21 bits per heavy atom. The number of aryl methyl sites for hydroxylation is 1. The second-order valence-electron chi connectivity index (χ2n) is 2.87. The van der Waals surface area contributed by atoms with Crippen LogP contribution in [0.4, 0.5) is 0 Å². The maximum Gasteiger partial charge on any atom is 0.191 e. The molecule has 0 atom stereocenters. The molecule has 0 radical (unpaired) electrons. The van der Waals surface area contributed by atoms with Crippen molar-refractivity contribution < 1.29 is 4.42 Å². The van der Waals surface area contributed by atoms with Gasteiger partial charge in [0.1, 0.15) is 0 Å². The third kappa shape index (κ3) is 1.83. The summed E-state index contributed by atoms with van der Waals surface area (Å²) >= 11 is 9.40. The molecule has 0 unspecified atom stereocenters. The van der Waals surface area contributed by atoms with Gasteiger partial charge < -0.3 is 4.42 Å². The van der Waals surface area contributed by atoms with Gasteiger partial charge in [0, 0.05) is 17.0 Å². The summed E-state index contributed by atoms with van der Waals surface area (Å²) in [5.41, 5.74) is 0.857. The molecule has 0 saturated heterocycles. The van der Waals surface area contributed by atoms with Crippen molar-refractivity contribution in [3.05, 3.63) is 39.8 Å². The number of hydrogen-bond donors (Lipinski definition) is 0. The molecule has 0 amide bonds. The molecule has 0 bridgehead atoms. The SMILES string of the molecule is Cc1ncc(-c2ccc(Br)cc2Cl)o1. The van der Waals surface area contributed by atoms with Gasteiger partial charge in [0.25, 0.3) is 0 Å². The van der Waals surface area contributed by atoms with Gasteiger partial charge in [0.2, 0.25) is 0 Å². The Morgan fingerprint density at radius 1 is 1.43 bits per heavy atom. The van der Waals surface area contributed by atoms with E-state index in [1.165, 1.54) is 0 Å². The van der Waals surface area contributed by atoms with Crippen LogP contribution in [0.5, 0.6) is 0 Å². The summed E-state index contributed by atoms with van der Waals surface area (Å²) in [4.78, 5) is 4.02. The zero-order chi connectivity index (χ0) is 10.1. The molecule has 0 aliphatic rings. The fourth-order valence-electron chi connectivity index (χ4n) is 1.18. The minimum absolute atomic E-state index is 0.638. The van der Waals surface area contributed by atoms with Crippen LogP contribution in [-0.4, -0.2) is 4.98 Å². The van der Waals surface area contributed by atoms with Crippen molar-refractivity contribution in [2.75, 3.05) is 0 Å². The lowest BCUT2D eigenvalue weighted by Gasteiger charge is -1.99. The average Bonchev–Trinajstić information content (AvgIpc) is 2.51. The second kappa shape index (κ2) is 3.75. The Bertz CT molecular complexity index is 467. The molecule has 1 aromatic heterocycles. The molecule has 2 aromatic rings. The van der Waals surface area contributed by atoms with E-state index in [0.29, 0.717) is 16.7 Å². The Kier molecular flexibility index (Phi) is 2.61. The predicted octanol–water partition coefficient (Wildman–Crippen LogP) is 4.07. The first-order valence-corrected chi connectivity index (χ1v) is 5.22. The van der Waals surface area contributed by atoms with Crippen LogP contribution < -0.4 is 0 Å². The summed E-state index contributed by atoms with van der Waals surface area (Å²) in [7, 11) is 0. The van der Waals surface area contributed by atoms with Crippen molar-refractivity contribution in [1.82, 2.24) is 4.98 Å². The van der Waals surface area contributed by atoms with E-state index < -0.39 is 0 Å². The van der Waals surface area contributed by atoms with Crippen molar-refractivity contribution in [2.24, 2.45) is 0 Å². The standard InChI is InChI=1S/C10H7BrClNO/c1-6-13-5-10(14-6)8-3-2-7(11)4-9(8)12/h2-5H,1H3. The average molecular weight is 273 g/mol. The van der Waals surface area contributed by atoms with Gasteiger partial charge in [0.05, 0.1) is 11.2 Å². The molecule has 0 aliphatic carbocycles. The predicted molar refractivity (Wildman–Crippen MR) is 59.4 cm³/mol. The number of benzene rings is 1. The van der Waals surface area contributed by atoms with E-state index in [9.17, 15) is 0 Å². The largest absolute Gasteiger partial charge is 0.441 e. The summed E-state index contributed by atoms with van der Waals surface area (Å²) in [5.74, 6) is 1.33. The number of oxazole rings is 1. The molecule has 0 spiro atoms. The van der Waals surface area contributed by atoms with Gasteiger partial charge in [0.15, 0.2) is 11.7 Å². The highest BCUT2D eigenvalue weighted by molar-refractivity contribution is 9.10. The van der Waals surface area contributed by atoms with Gasteiger partial charge in [-0.05, 0) is 18.2 Å². The van der Waals surface area contributed by atoms with Crippen molar-refractivity contribution >= 4 is 27.5 Å². The molecule has 4 heteroatoms. The lowest BCUT2D eigenvalue weighted by atomic mass is 10.2. The highest BCUT2D eigenvalue weighted by Crippen LogP contribution is 2.30. The lowest BCUT2D eigenvalue weighted by molar-refractivity contribution is 0.534. The monoisotopic (exact) mass is 271 g/mol. The minimum atomic E-state index is 0.638. The number of hydrogen-bond acceptors (Lipinski definition) is 2. The molecule has 2 nitrogen and oxygen atoms in total. The quantitative estimate of drug-likeness (QED) is 0.782. The molecule has 0 saturated carbocycles. The van der Waals surface area contributed by atoms with Crippen LogP contribution in [0.1, 0.15) is 5.89 Å². The molecule has 72 valence electrons. The van der Waals surface area contributed by atoms with Crippen LogP contribution >= 0.6 is 27.5 Å². The smallest absolute Gasteiger partial charge is 0.191 e. The van der Waals surface area contributed by atoms with E-state index >= 15 is 0 Å². The van der Waals surface area contributed by atoms with E-state index in [4.69, 9.17) is 16.0 Å². The first kappa shape index (κ1) is 9.74. The second-order valence-corrected chi connectivity index (χ2v) is 4.19. The van der Waals surface area contributed by atoms with Gasteiger partial charge in [-0.2, -0.15) is 0 Å². The fourth-order valence-corrected chi connectivity index (χ4v) is 1.94. The van der Waals surface area contributed by atoms with Gasteiger partial charge >= 0.3 is 0 Å². The molecule has 2 rings (SSSR count). The third-order valence-electron chi connectivity index (χ3n) is 1.82. The normalized spacial score (nSPS) is 10.5. The van der Waals surface area contributed by atoms with Crippen LogP contribution in [0.25, 0.3) is 11.3 Å². The Morgan fingerprint density at radius 3 is 2.79 bits per heavy atom. The van der Waals surface area contributed by atoms with E-state index in [1.54, 1.807) is 13.1 Å². The zero-order valence-corrected chi connectivity index (χ0v) is 9.76. The van der Waals surface area contributed by atoms with Crippen molar-refractivity contribution in [2.45, 2.75) is 6.92 Å². The summed E-state index contributed by atoms with van der Waals surface area (Å²) in [6.07, 6.45) is 1.67. The van der Waals surface area contributed by atoms with Crippen LogP contribution in [0.2, 0.25) is 5.02 Å². The topological polar surface area (TPSA) is 26.0 Å². The lowest BCUT2D eigenvalue weighted by Crippen LogP contribution is -1.76. The number of nitrogens with zero attached hydrogens (tertiary/aromatic N) is 1. The number of halogens is 2. The summed E-state index contributed by atoms with van der Waals surface area (Å²) < 4.78 is 6.33. The highest BCUT2D eigenvalue weighted by atomic mass is 79.9. The molecular formula is C10H7BrClNO. The highest BCUT2D eigenvalue weighted by Gasteiger charge is 2.07. The van der Waals surface area contributed by atoms with Crippen LogP contribution in [-0.2, 0) is 0 Å². The Hall–Kier alpha value is -0.800. The maximum atomic E-state index is 6.06. The van der Waals surface area contributed by atoms with Gasteiger partial charge in [-0.15, -0.1) is 0 Å². The van der Waals surface area contributed by atoms with Gasteiger partial charge in [-0.25, -0.2) is 4.98 Å². The first-order valence-electron chi connectivity index (χ1n) is 4.04. The zero-order valence-electron chi connectivity index (χ0n) is 7.42. The van der Waals surface area contributed by atoms with Crippen molar-refractivity contribution in [3.8, 4) is 11.3 Å². The Labute approximate surface area is 95.0 Å². The van der Waals surface area contributed by atoms with Crippen molar-refractivity contribution in [3.63, 3.8) is 0 Å². The molecular weight excluding hydrogens is 265 g/mol. The first-order chi connectivity index (χ1) is 6.66. The molecule has 1 aromatic carbocycles. The molecule has 0 N–H and O–H groups in total. The van der Waals surface area contributed by atoms with Crippen molar-refractivity contribution in [1.29, 1.82) is 0 Å². The van der Waals surface area contributed by atoms with E-state index in [-0.39, 0.29) is 0 Å². The van der Waals surface area contributed by atoms with E-state index in [2.05, 4.69) is 20.9 Å². The van der Waals surface area contributed by atoms with E-state index in [1.807, 2.05) is 18.2 Å². The van der Waals surface area contributed by atoms with Gasteiger partial charge in [-0.1, -0.05) is 27.5 Å². The maximum absolute atomic E-state index is 6.06. The van der Waals surface area contributed by atoms with Crippen LogP contribution in [0.15, 0.2) is 33.3 Å². The van der Waals surface area contributed by atoms with Crippen LogP contribution in [0.3, 0.4) is 0 Å². The number of rotatable bonds is 1. The summed E-state index contributed by atoms with van der Waals surface area (Å²) in [6, 6.07) is 5.64. The summed E-state index contributed by atoms with van der Waals surface area (Å²) in [6.45, 7) is 1.80. The Balaban J connectivity index is 2.52. The van der Waals surface area contributed by atoms with Gasteiger partial charge in [-0.3, -0.25) is 0 Å². The molecule has 0 aliphatic heterocycles. The number of aromatic nitrogens is 1. The van der Waals surface area contributed by atoms with Crippen LogP contribution in [0, 0.1) is 6.92 Å². The summed E-state index contributed by atoms with van der Waals surface area (Å²) in [5, 5.41) is 0.649. The fraction of sp³-hybridized carbons (Fsp3) is 0.100. The third-order valence-corrected chi connectivity index (χ3v) is 2.62. The molecule has 0 fully saturated rings.